The van der Waals surface area contributed by atoms with E-state index in [-0.39, 0.29) is 42.6 Å². The zero-order valence-corrected chi connectivity index (χ0v) is 18.2. The van der Waals surface area contributed by atoms with Crippen molar-refractivity contribution >= 4 is 40.2 Å². The fourth-order valence-electron chi connectivity index (χ4n) is 2.96. The van der Waals surface area contributed by atoms with Gasteiger partial charge in [-0.2, -0.15) is 5.26 Å². The maximum Gasteiger partial charge on any atom is 0.318 e. The van der Waals surface area contributed by atoms with E-state index in [1.54, 1.807) is 29.4 Å². The molecule has 2 aromatic carbocycles. The molecule has 30 heavy (non-hydrogen) atoms. The smallest absolute Gasteiger partial charge is 0.318 e. The Kier molecular flexibility index (Phi) is 6.98. The minimum absolute atomic E-state index is 0.0980. The fraction of sp³-hybridized carbons (Fsp3) is 0.300. The van der Waals surface area contributed by atoms with Gasteiger partial charge in [0.1, 0.15) is 40.6 Å². The van der Waals surface area contributed by atoms with Crippen molar-refractivity contribution in [1.29, 1.82) is 5.26 Å². The van der Waals surface area contributed by atoms with Gasteiger partial charge in [-0.3, -0.25) is 4.79 Å². The number of ether oxygens (including phenoxy) is 2. The van der Waals surface area contributed by atoms with Crippen molar-refractivity contribution in [2.24, 2.45) is 5.41 Å². The lowest BCUT2D eigenvalue weighted by atomic mass is 9.82. The Balaban J connectivity index is 1.73. The molecular weight excluding hydrogens is 454 g/mol. The largest absolute Gasteiger partial charge is 0.492 e. The average Bonchev–Trinajstić information content (AvgIpc) is 2.67. The van der Waals surface area contributed by atoms with Crippen molar-refractivity contribution in [3.63, 3.8) is 0 Å². The molecule has 3 rings (SSSR count). The number of hydrogen-bond donors (Lipinski definition) is 0. The van der Waals surface area contributed by atoms with Gasteiger partial charge in [0.25, 0.3) is 0 Å². The summed E-state index contributed by atoms with van der Waals surface area (Å²) < 4.78 is 39.0. The van der Waals surface area contributed by atoms with E-state index in [0.29, 0.717) is 9.92 Å². The maximum absolute atomic E-state index is 13.8. The molecular formula is C20H17Cl2FN2O4S. The first kappa shape index (κ1) is 22.5. The van der Waals surface area contributed by atoms with Crippen LogP contribution in [-0.4, -0.2) is 40.8 Å². The Hall–Kier alpha value is -2.18. The molecule has 1 atom stereocenters. The van der Waals surface area contributed by atoms with Gasteiger partial charge in [-0.15, -0.1) is 0 Å². The first-order chi connectivity index (χ1) is 14.3. The lowest BCUT2D eigenvalue weighted by molar-refractivity contribution is -0.165. The number of benzene rings is 2. The molecule has 0 aromatic heterocycles. The van der Waals surface area contributed by atoms with Crippen LogP contribution in [-0.2, 0) is 20.5 Å². The summed E-state index contributed by atoms with van der Waals surface area (Å²) in [6.07, 6.45) is 0. The van der Waals surface area contributed by atoms with Crippen LogP contribution < -0.4 is 4.74 Å². The van der Waals surface area contributed by atoms with Crippen molar-refractivity contribution in [2.45, 2.75) is 11.8 Å². The molecule has 6 nitrogen and oxygen atoms in total. The quantitative estimate of drug-likeness (QED) is 0.571. The van der Waals surface area contributed by atoms with Crippen LogP contribution in [0.15, 0.2) is 41.3 Å². The Morgan fingerprint density at radius 3 is 2.63 bits per heavy atom. The van der Waals surface area contributed by atoms with Crippen LogP contribution in [0, 0.1) is 22.6 Å². The van der Waals surface area contributed by atoms with Gasteiger partial charge in [-0.05, 0) is 37.3 Å². The van der Waals surface area contributed by atoms with E-state index < -0.39 is 28.2 Å². The third-order valence-electron chi connectivity index (χ3n) is 4.56. The van der Waals surface area contributed by atoms with E-state index in [0.717, 1.165) is 6.07 Å². The van der Waals surface area contributed by atoms with Gasteiger partial charge in [0.2, 0.25) is 0 Å². The summed E-state index contributed by atoms with van der Waals surface area (Å²) in [5.41, 5.74) is -1.16. The van der Waals surface area contributed by atoms with E-state index in [9.17, 15) is 13.4 Å². The molecule has 158 valence electrons. The van der Waals surface area contributed by atoms with E-state index in [4.69, 9.17) is 37.9 Å². The number of carbonyl (C=O) groups is 1. The van der Waals surface area contributed by atoms with Crippen molar-refractivity contribution in [3.8, 4) is 11.8 Å². The van der Waals surface area contributed by atoms with Crippen LogP contribution in [0.5, 0.6) is 5.75 Å². The lowest BCUT2D eigenvalue weighted by Gasteiger charge is -2.46. The van der Waals surface area contributed by atoms with E-state index >= 15 is 0 Å². The molecule has 1 heterocycles. The first-order valence-corrected chi connectivity index (χ1v) is 10.8. The molecule has 1 aliphatic heterocycles. The summed E-state index contributed by atoms with van der Waals surface area (Å²) in [5, 5.41) is 9.50. The minimum atomic E-state index is -1.60. The van der Waals surface area contributed by atoms with Gasteiger partial charge in [0.05, 0.1) is 22.1 Å². The van der Waals surface area contributed by atoms with Crippen molar-refractivity contribution < 1.29 is 22.9 Å². The molecule has 1 unspecified atom stereocenters. The van der Waals surface area contributed by atoms with Crippen LogP contribution in [0.1, 0.15) is 12.5 Å². The van der Waals surface area contributed by atoms with E-state index in [1.165, 1.54) is 18.2 Å². The number of halogens is 3. The predicted molar refractivity (Wildman–Crippen MR) is 110 cm³/mol. The molecule has 0 aliphatic carbocycles. The Labute approximate surface area is 185 Å². The average molecular weight is 471 g/mol. The third kappa shape index (κ3) is 4.60. The highest BCUT2D eigenvalue weighted by atomic mass is 35.5. The highest BCUT2D eigenvalue weighted by Gasteiger charge is 2.53. The molecule has 10 heteroatoms. The maximum atomic E-state index is 13.8. The molecule has 1 aliphatic rings. The van der Waals surface area contributed by atoms with Crippen LogP contribution in [0.3, 0.4) is 0 Å². The topological polar surface area (TPSA) is 79.6 Å². The normalized spacial score (nSPS) is 16.2. The fourth-order valence-corrected chi connectivity index (χ4v) is 4.99. The van der Waals surface area contributed by atoms with Gasteiger partial charge in [-0.1, -0.05) is 23.2 Å². The molecule has 0 N–H and O–H groups in total. The summed E-state index contributed by atoms with van der Waals surface area (Å²) in [7, 11) is -1.60. The monoisotopic (exact) mass is 470 g/mol. The zero-order valence-electron chi connectivity index (χ0n) is 15.9. The second kappa shape index (κ2) is 9.31. The minimum Gasteiger partial charge on any atom is -0.492 e. The summed E-state index contributed by atoms with van der Waals surface area (Å²) in [6, 6.07) is 10.2. The standard InChI is InChI=1S/C20H17Cl2FN2O4S/c1-2-28-19(26)20(12-29-15-5-3-13(9-24)17(23)8-15)10-25(11-20)30(27)18-6-4-14(21)7-16(18)22/h3-8H,2,10-12H2,1H3. The van der Waals surface area contributed by atoms with E-state index in [1.807, 2.05) is 0 Å². The Bertz CT molecular complexity index is 1040. The Morgan fingerprint density at radius 1 is 1.30 bits per heavy atom. The zero-order chi connectivity index (χ0) is 21.9. The highest BCUT2D eigenvalue weighted by Crippen LogP contribution is 2.37. The Morgan fingerprint density at radius 2 is 2.03 bits per heavy atom. The summed E-state index contributed by atoms with van der Waals surface area (Å²) in [5.74, 6) is -1.03. The van der Waals surface area contributed by atoms with E-state index in [2.05, 4.69) is 0 Å². The van der Waals surface area contributed by atoms with Crippen LogP contribution in [0.4, 0.5) is 4.39 Å². The second-order valence-electron chi connectivity index (χ2n) is 6.66. The molecule has 0 saturated carbocycles. The molecule has 0 radical (unpaired) electrons. The number of nitriles is 1. The highest BCUT2D eigenvalue weighted by molar-refractivity contribution is 7.82. The molecule has 1 fully saturated rings. The number of esters is 1. The summed E-state index contributed by atoms with van der Waals surface area (Å²) >= 11 is 12.0. The number of nitrogens with zero attached hydrogens (tertiary/aromatic N) is 2. The SMILES string of the molecule is CCOC(=O)C1(COc2ccc(C#N)c(F)c2)CN(S(=O)c2ccc(Cl)cc2Cl)C1. The number of rotatable bonds is 7. The second-order valence-corrected chi connectivity index (χ2v) is 8.96. The predicted octanol–water partition coefficient (Wildman–Crippen LogP) is 3.97. The van der Waals surface area contributed by atoms with Gasteiger partial charge in [-0.25, -0.2) is 12.9 Å². The van der Waals surface area contributed by atoms with Crippen LogP contribution in [0.2, 0.25) is 10.0 Å². The molecule has 0 amide bonds. The van der Waals surface area contributed by atoms with Crippen molar-refractivity contribution in [3.05, 3.63) is 57.8 Å². The van der Waals surface area contributed by atoms with Crippen LogP contribution in [0.25, 0.3) is 0 Å². The molecule has 0 bridgehead atoms. The van der Waals surface area contributed by atoms with Gasteiger partial charge in [0.15, 0.2) is 0 Å². The molecule has 0 spiro atoms. The molecule has 1 saturated heterocycles. The van der Waals surface area contributed by atoms with Gasteiger partial charge < -0.3 is 9.47 Å². The van der Waals surface area contributed by atoms with Crippen LogP contribution >= 0.6 is 23.2 Å². The van der Waals surface area contributed by atoms with Gasteiger partial charge in [0, 0.05) is 24.2 Å². The third-order valence-corrected chi connectivity index (χ3v) is 6.68. The number of carbonyl (C=O) groups excluding carboxylic acids is 1. The number of hydrogen-bond acceptors (Lipinski definition) is 5. The van der Waals surface area contributed by atoms with Gasteiger partial charge >= 0.3 is 5.97 Å². The van der Waals surface area contributed by atoms with Crippen molar-refractivity contribution in [1.82, 2.24) is 4.31 Å². The summed E-state index contributed by atoms with van der Waals surface area (Å²) in [4.78, 5) is 12.9. The summed E-state index contributed by atoms with van der Waals surface area (Å²) in [6.45, 7) is 1.98. The van der Waals surface area contributed by atoms with Crippen molar-refractivity contribution in [2.75, 3.05) is 26.3 Å². The molecule has 2 aromatic rings. The first-order valence-electron chi connectivity index (χ1n) is 8.91. The lowest BCUT2D eigenvalue weighted by Crippen LogP contribution is -2.63.